The highest BCUT2D eigenvalue weighted by Crippen LogP contribution is 2.26. The Morgan fingerprint density at radius 2 is 1.71 bits per heavy atom. The number of rotatable bonds is 8. The van der Waals surface area contributed by atoms with Crippen LogP contribution in [0.4, 0.5) is 0 Å². The molecule has 0 spiro atoms. The third-order valence-electron chi connectivity index (χ3n) is 3.15. The highest BCUT2D eigenvalue weighted by molar-refractivity contribution is 5.75. The van der Waals surface area contributed by atoms with Crippen molar-refractivity contribution in [2.24, 2.45) is 11.1 Å². The summed E-state index contributed by atoms with van der Waals surface area (Å²) in [6.45, 7) is 6.75. The molecule has 0 rings (SSSR count). The monoisotopic (exact) mass is 243 g/mol. The topological polar surface area (TPSA) is 49.6 Å². The highest BCUT2D eigenvalue weighted by Gasteiger charge is 2.19. The Bertz CT molecular complexity index is 227. The maximum atomic E-state index is 11.9. The van der Waals surface area contributed by atoms with Gasteiger partial charge in [0.15, 0.2) is 0 Å². The van der Waals surface area contributed by atoms with Gasteiger partial charge < -0.3 is 15.5 Å². The Morgan fingerprint density at radius 3 is 2.18 bits per heavy atom. The van der Waals surface area contributed by atoms with E-state index >= 15 is 0 Å². The maximum Gasteiger partial charge on any atom is 0.222 e. The summed E-state index contributed by atoms with van der Waals surface area (Å²) in [6.07, 6.45) is 2.51. The van der Waals surface area contributed by atoms with E-state index in [1.807, 2.05) is 26.0 Å². The molecule has 1 amide bonds. The quantitative estimate of drug-likeness (QED) is 0.696. The number of carbonyl (C=O) groups excluding carboxylic acids is 1. The molecule has 4 nitrogen and oxygen atoms in total. The van der Waals surface area contributed by atoms with Crippen molar-refractivity contribution in [1.82, 2.24) is 9.80 Å². The summed E-state index contributed by atoms with van der Waals surface area (Å²) in [7, 11) is 5.91. The van der Waals surface area contributed by atoms with Gasteiger partial charge in [-0.05, 0) is 38.9 Å². The molecule has 0 aliphatic rings. The zero-order chi connectivity index (χ0) is 13.5. The van der Waals surface area contributed by atoms with Crippen LogP contribution in [0.15, 0.2) is 0 Å². The summed E-state index contributed by atoms with van der Waals surface area (Å²) >= 11 is 0. The smallest absolute Gasteiger partial charge is 0.222 e. The molecule has 4 heteroatoms. The van der Waals surface area contributed by atoms with E-state index in [0.29, 0.717) is 13.0 Å². The first-order valence-corrected chi connectivity index (χ1v) is 6.37. The van der Waals surface area contributed by atoms with Crippen molar-refractivity contribution in [3.8, 4) is 0 Å². The predicted molar refractivity (Wildman–Crippen MR) is 72.9 cm³/mol. The number of nitrogens with two attached hydrogens (primary N) is 1. The van der Waals surface area contributed by atoms with E-state index < -0.39 is 0 Å². The van der Waals surface area contributed by atoms with Crippen molar-refractivity contribution in [1.29, 1.82) is 0 Å². The molecule has 0 bridgehead atoms. The summed E-state index contributed by atoms with van der Waals surface area (Å²) < 4.78 is 0. The Morgan fingerprint density at radius 1 is 1.12 bits per heavy atom. The van der Waals surface area contributed by atoms with Crippen LogP contribution in [0.3, 0.4) is 0 Å². The lowest BCUT2D eigenvalue weighted by Gasteiger charge is -2.25. The predicted octanol–water partition coefficient (Wildman–Crippen LogP) is 1.16. The minimum atomic E-state index is 0.173. The van der Waals surface area contributed by atoms with E-state index in [4.69, 9.17) is 5.73 Å². The van der Waals surface area contributed by atoms with Gasteiger partial charge in [-0.3, -0.25) is 4.79 Å². The molecule has 0 aliphatic carbocycles. The largest absolute Gasteiger partial charge is 0.344 e. The van der Waals surface area contributed by atoms with Gasteiger partial charge in [0.1, 0.15) is 0 Å². The standard InChI is InChI=1S/C13H29N3O/c1-13(2,8-9-14)7-6-12(17)16(5)11-10-15(3)4/h6-11,14H2,1-5H3. The second-order valence-corrected chi connectivity index (χ2v) is 5.82. The molecular weight excluding hydrogens is 214 g/mol. The Labute approximate surface area is 106 Å². The van der Waals surface area contributed by atoms with Crippen molar-refractivity contribution < 1.29 is 4.79 Å². The molecule has 2 N–H and O–H groups in total. The molecule has 0 fully saturated rings. The van der Waals surface area contributed by atoms with Crippen molar-refractivity contribution in [2.75, 3.05) is 40.8 Å². The van der Waals surface area contributed by atoms with Gasteiger partial charge in [0.25, 0.3) is 0 Å². The molecule has 0 saturated heterocycles. The molecule has 0 aromatic carbocycles. The first-order valence-electron chi connectivity index (χ1n) is 6.37. The number of nitrogens with zero attached hydrogens (tertiary/aromatic N) is 2. The number of carbonyl (C=O) groups is 1. The third kappa shape index (κ3) is 8.16. The third-order valence-corrected chi connectivity index (χ3v) is 3.15. The minimum absolute atomic E-state index is 0.173. The lowest BCUT2D eigenvalue weighted by molar-refractivity contribution is -0.130. The van der Waals surface area contributed by atoms with Gasteiger partial charge >= 0.3 is 0 Å². The van der Waals surface area contributed by atoms with Gasteiger partial charge in [-0.25, -0.2) is 0 Å². The van der Waals surface area contributed by atoms with E-state index in [-0.39, 0.29) is 11.3 Å². The van der Waals surface area contributed by atoms with Crippen LogP contribution in [-0.2, 0) is 4.79 Å². The highest BCUT2D eigenvalue weighted by atomic mass is 16.2. The fourth-order valence-corrected chi connectivity index (χ4v) is 1.63. The van der Waals surface area contributed by atoms with Crippen LogP contribution in [0, 0.1) is 5.41 Å². The molecule has 0 aliphatic heterocycles. The average Bonchev–Trinajstić information content (AvgIpc) is 2.22. The fraction of sp³-hybridized carbons (Fsp3) is 0.923. The van der Waals surface area contributed by atoms with Gasteiger partial charge in [-0.15, -0.1) is 0 Å². The van der Waals surface area contributed by atoms with E-state index in [2.05, 4.69) is 18.7 Å². The van der Waals surface area contributed by atoms with Crippen LogP contribution >= 0.6 is 0 Å². The van der Waals surface area contributed by atoms with Gasteiger partial charge in [0.2, 0.25) is 5.91 Å². The van der Waals surface area contributed by atoms with Gasteiger partial charge in [-0.2, -0.15) is 0 Å². The average molecular weight is 243 g/mol. The van der Waals surface area contributed by atoms with Crippen molar-refractivity contribution in [3.63, 3.8) is 0 Å². The number of hydrogen-bond acceptors (Lipinski definition) is 3. The summed E-state index contributed by atoms with van der Waals surface area (Å²) in [5.41, 5.74) is 5.73. The summed E-state index contributed by atoms with van der Waals surface area (Å²) in [5, 5.41) is 0. The zero-order valence-electron chi connectivity index (χ0n) is 12.1. The first kappa shape index (κ1) is 16.4. The Hall–Kier alpha value is -0.610. The molecule has 0 saturated carbocycles. The summed E-state index contributed by atoms with van der Waals surface area (Å²) in [4.78, 5) is 15.8. The number of amides is 1. The minimum Gasteiger partial charge on any atom is -0.344 e. The second-order valence-electron chi connectivity index (χ2n) is 5.82. The molecule has 0 unspecified atom stereocenters. The van der Waals surface area contributed by atoms with Crippen LogP contribution in [0.1, 0.15) is 33.1 Å². The molecule has 0 radical (unpaired) electrons. The van der Waals surface area contributed by atoms with Gasteiger partial charge in [-0.1, -0.05) is 13.8 Å². The molecule has 17 heavy (non-hydrogen) atoms. The number of likely N-dealkylation sites (N-methyl/N-ethyl adjacent to an activating group) is 2. The van der Waals surface area contributed by atoms with Crippen LogP contribution in [0.2, 0.25) is 0 Å². The lowest BCUT2D eigenvalue weighted by Crippen LogP contribution is -2.34. The maximum absolute atomic E-state index is 11.9. The SMILES string of the molecule is CN(C)CCN(C)C(=O)CCC(C)(C)CCN. The van der Waals surface area contributed by atoms with Crippen molar-refractivity contribution in [2.45, 2.75) is 33.1 Å². The van der Waals surface area contributed by atoms with Crippen molar-refractivity contribution >= 4 is 5.91 Å². The molecule has 0 aromatic rings. The van der Waals surface area contributed by atoms with E-state index in [0.717, 1.165) is 25.9 Å². The van der Waals surface area contributed by atoms with E-state index in [1.54, 1.807) is 0 Å². The second kappa shape index (κ2) is 7.67. The van der Waals surface area contributed by atoms with Crippen molar-refractivity contribution in [3.05, 3.63) is 0 Å². The molecule has 0 heterocycles. The summed E-state index contributed by atoms with van der Waals surface area (Å²) in [6, 6.07) is 0. The normalized spacial score (nSPS) is 11.9. The van der Waals surface area contributed by atoms with Gasteiger partial charge in [0, 0.05) is 26.6 Å². The van der Waals surface area contributed by atoms with E-state index in [1.165, 1.54) is 0 Å². The fourth-order valence-electron chi connectivity index (χ4n) is 1.63. The van der Waals surface area contributed by atoms with Gasteiger partial charge in [0.05, 0.1) is 0 Å². The molecule has 102 valence electrons. The van der Waals surface area contributed by atoms with Crippen LogP contribution in [0.5, 0.6) is 0 Å². The van der Waals surface area contributed by atoms with E-state index in [9.17, 15) is 4.79 Å². The molecular formula is C13H29N3O. The zero-order valence-corrected chi connectivity index (χ0v) is 12.1. The number of hydrogen-bond donors (Lipinski definition) is 1. The molecule has 0 aromatic heterocycles. The first-order chi connectivity index (χ1) is 7.78. The van der Waals surface area contributed by atoms with Crippen LogP contribution in [-0.4, -0.2) is 56.5 Å². The Balaban J connectivity index is 3.92. The van der Waals surface area contributed by atoms with Crippen LogP contribution < -0.4 is 5.73 Å². The Kier molecular flexibility index (Phi) is 7.39. The molecule has 0 atom stereocenters. The summed E-state index contributed by atoms with van der Waals surface area (Å²) in [5.74, 6) is 0.233. The lowest BCUT2D eigenvalue weighted by atomic mass is 9.84. The van der Waals surface area contributed by atoms with Crippen LogP contribution in [0.25, 0.3) is 0 Å².